The summed E-state index contributed by atoms with van der Waals surface area (Å²) in [6.45, 7) is 11.6. The van der Waals surface area contributed by atoms with Crippen LogP contribution in [0.3, 0.4) is 0 Å². The van der Waals surface area contributed by atoms with Crippen molar-refractivity contribution in [2.75, 3.05) is 6.61 Å². The van der Waals surface area contributed by atoms with Gasteiger partial charge in [-0.2, -0.15) is 5.26 Å². The summed E-state index contributed by atoms with van der Waals surface area (Å²) in [6.07, 6.45) is 0. The second-order valence-corrected chi connectivity index (χ2v) is 0.316. The van der Waals surface area contributed by atoms with Crippen molar-refractivity contribution in [1.82, 2.24) is 0 Å². The average molecular weight is 113 g/mol. The molecule has 1 N–H and O–H groups in total. The number of aliphatic hydroxyl groups excluding tert-OH is 1. The van der Waals surface area contributed by atoms with Crippen molar-refractivity contribution in [1.29, 1.82) is 5.26 Å². The molecular formula is C6H11NO. The highest BCUT2D eigenvalue weighted by Gasteiger charge is 1.49. The monoisotopic (exact) mass is 113 g/mol. The molecule has 0 bridgehead atoms. The van der Waals surface area contributed by atoms with Gasteiger partial charge in [-0.1, -0.05) is 0 Å². The van der Waals surface area contributed by atoms with Crippen molar-refractivity contribution in [2.45, 2.75) is 0 Å². The molecule has 0 atom stereocenters. The van der Waals surface area contributed by atoms with Crippen molar-refractivity contribution in [3.63, 3.8) is 0 Å². The fourth-order valence-corrected chi connectivity index (χ4v) is 0. The summed E-state index contributed by atoms with van der Waals surface area (Å²) in [7, 11) is 0. The molecule has 0 radical (unpaired) electrons. The lowest BCUT2D eigenvalue weighted by molar-refractivity contribution is 0.348. The Labute approximate surface area is 50.4 Å². The summed E-state index contributed by atoms with van der Waals surface area (Å²) in [6, 6.07) is 1.49. The van der Waals surface area contributed by atoms with E-state index in [4.69, 9.17) is 10.4 Å². The Morgan fingerprint density at radius 1 is 1.25 bits per heavy atom. The molecule has 0 amide bonds. The van der Waals surface area contributed by atoms with Gasteiger partial charge in [0.05, 0.1) is 6.07 Å². The zero-order chi connectivity index (χ0) is 7.41. The average Bonchev–Trinajstić information content (AvgIpc) is 1.96. The largest absolute Gasteiger partial charge is 0.381 e. The van der Waals surface area contributed by atoms with E-state index in [1.807, 2.05) is 0 Å². The van der Waals surface area contributed by atoms with Gasteiger partial charge in [-0.25, -0.2) is 0 Å². The van der Waals surface area contributed by atoms with Crippen molar-refractivity contribution in [2.24, 2.45) is 0 Å². The molecule has 0 saturated carbocycles. The third-order valence-corrected chi connectivity index (χ3v) is 0.0707. The van der Waals surface area contributed by atoms with Gasteiger partial charge in [0.2, 0.25) is 0 Å². The Hall–Kier alpha value is -1.07. The molecule has 0 fully saturated rings. The number of aliphatic hydroxyl groups is 1. The van der Waals surface area contributed by atoms with Crippen molar-refractivity contribution < 1.29 is 5.11 Å². The van der Waals surface area contributed by atoms with Gasteiger partial charge in [0.25, 0.3) is 0 Å². The smallest absolute Gasteiger partial charge is 0.130 e. The van der Waals surface area contributed by atoms with E-state index >= 15 is 0 Å². The first-order valence-corrected chi connectivity index (χ1v) is 1.89. The van der Waals surface area contributed by atoms with Crippen molar-refractivity contribution >= 4 is 0 Å². The zero-order valence-electron chi connectivity index (χ0n) is 4.93. The fourth-order valence-electron chi connectivity index (χ4n) is 0. The van der Waals surface area contributed by atoms with Gasteiger partial charge in [0.15, 0.2) is 0 Å². The summed E-state index contributed by atoms with van der Waals surface area (Å²) in [5, 5.41) is 14.9. The van der Waals surface area contributed by atoms with Crippen LogP contribution in [0.2, 0.25) is 0 Å². The Kier molecular flexibility index (Phi) is 329. The van der Waals surface area contributed by atoms with E-state index in [0.29, 0.717) is 0 Å². The van der Waals surface area contributed by atoms with E-state index in [-0.39, 0.29) is 6.61 Å². The maximum atomic E-state index is 7.51. The quantitative estimate of drug-likeness (QED) is 0.377. The molecule has 0 aromatic heterocycles. The highest BCUT2D eigenvalue weighted by Crippen LogP contribution is 1.34. The van der Waals surface area contributed by atoms with Gasteiger partial charge in [0, 0.05) is 0 Å². The molecule has 0 heterocycles. The minimum absolute atomic E-state index is 0.375. The van der Waals surface area contributed by atoms with Gasteiger partial charge < -0.3 is 5.11 Å². The molecule has 0 aromatic carbocycles. The molecule has 0 saturated heterocycles. The molecular weight excluding hydrogens is 102 g/mol. The third-order valence-electron chi connectivity index (χ3n) is 0.0707. The highest BCUT2D eigenvalue weighted by molar-refractivity contribution is 4.63. The number of hydrogen-bond donors (Lipinski definition) is 1. The Balaban J connectivity index is -0.0000000542. The lowest BCUT2D eigenvalue weighted by atomic mass is 10.9. The van der Waals surface area contributed by atoms with E-state index in [1.54, 1.807) is 0 Å². The predicted octanol–water partition coefficient (Wildman–Crippen LogP) is 1.11. The number of nitriles is 1. The molecule has 2 heteroatoms. The Morgan fingerprint density at radius 2 is 1.38 bits per heavy atom. The van der Waals surface area contributed by atoms with Crippen LogP contribution in [-0.4, -0.2) is 11.7 Å². The lowest BCUT2D eigenvalue weighted by Crippen LogP contribution is -1.64. The Morgan fingerprint density at radius 3 is 1.38 bits per heavy atom. The molecule has 46 valence electrons. The first-order valence-electron chi connectivity index (χ1n) is 1.89. The van der Waals surface area contributed by atoms with Gasteiger partial charge in [0.1, 0.15) is 6.61 Å². The Bertz CT molecular complexity index is 54.0. The fraction of sp³-hybridized carbons (Fsp3) is 0.167. The zero-order valence-corrected chi connectivity index (χ0v) is 4.93. The van der Waals surface area contributed by atoms with Gasteiger partial charge in [-0.15, -0.1) is 26.3 Å². The molecule has 0 spiro atoms. The summed E-state index contributed by atoms with van der Waals surface area (Å²) in [4.78, 5) is 0. The van der Waals surface area contributed by atoms with E-state index < -0.39 is 0 Å². The molecule has 0 unspecified atom stereocenters. The molecule has 0 aliphatic rings. The topological polar surface area (TPSA) is 44.0 Å². The normalized spacial score (nSPS) is 3.50. The van der Waals surface area contributed by atoms with Crippen LogP contribution in [0.25, 0.3) is 0 Å². The molecule has 0 aromatic rings. The van der Waals surface area contributed by atoms with Crippen LogP contribution in [-0.2, 0) is 0 Å². The molecule has 0 aliphatic heterocycles. The second kappa shape index (κ2) is 167. The third kappa shape index (κ3) is 15500. The highest BCUT2D eigenvalue weighted by atomic mass is 16.2. The van der Waals surface area contributed by atoms with Crippen LogP contribution in [0.1, 0.15) is 0 Å². The van der Waals surface area contributed by atoms with E-state index in [1.165, 1.54) is 6.07 Å². The van der Waals surface area contributed by atoms with Crippen LogP contribution in [0.4, 0.5) is 0 Å². The van der Waals surface area contributed by atoms with Gasteiger partial charge in [-0.3, -0.25) is 0 Å². The lowest BCUT2D eigenvalue weighted by Gasteiger charge is -1.50. The SMILES string of the molecule is C=C.C=C.N#CCO. The number of hydrogen-bond acceptors (Lipinski definition) is 2. The summed E-state index contributed by atoms with van der Waals surface area (Å²) in [5.74, 6) is 0. The maximum absolute atomic E-state index is 7.51. The molecule has 2 nitrogen and oxygen atoms in total. The van der Waals surface area contributed by atoms with Gasteiger partial charge >= 0.3 is 0 Å². The maximum Gasteiger partial charge on any atom is 0.130 e. The number of nitrogens with zero attached hydrogens (tertiary/aromatic N) is 1. The first-order chi connectivity index (χ1) is 3.91. The van der Waals surface area contributed by atoms with E-state index in [2.05, 4.69) is 26.3 Å². The number of rotatable bonds is 0. The first kappa shape index (κ1) is 15.8. The van der Waals surface area contributed by atoms with Crippen LogP contribution in [0.5, 0.6) is 0 Å². The van der Waals surface area contributed by atoms with E-state index in [9.17, 15) is 0 Å². The standard InChI is InChI=1S/C2H3NO.2C2H4/c3-1-2-4;2*1-2/h4H,2H2;2*1-2H2. The van der Waals surface area contributed by atoms with Crippen LogP contribution in [0, 0.1) is 11.3 Å². The van der Waals surface area contributed by atoms with Crippen molar-refractivity contribution in [3.8, 4) is 6.07 Å². The van der Waals surface area contributed by atoms with Crippen molar-refractivity contribution in [3.05, 3.63) is 26.3 Å². The second-order valence-electron chi connectivity index (χ2n) is 0.316. The van der Waals surface area contributed by atoms with Crippen LogP contribution < -0.4 is 0 Å². The van der Waals surface area contributed by atoms with Crippen LogP contribution in [0.15, 0.2) is 26.3 Å². The molecule has 8 heavy (non-hydrogen) atoms. The van der Waals surface area contributed by atoms with Gasteiger partial charge in [-0.05, 0) is 0 Å². The summed E-state index contributed by atoms with van der Waals surface area (Å²) >= 11 is 0. The molecule has 0 rings (SSSR count). The van der Waals surface area contributed by atoms with E-state index in [0.717, 1.165) is 0 Å². The minimum Gasteiger partial charge on any atom is -0.381 e. The van der Waals surface area contributed by atoms with Crippen LogP contribution >= 0.6 is 0 Å². The molecule has 0 aliphatic carbocycles. The minimum atomic E-state index is -0.375. The summed E-state index contributed by atoms with van der Waals surface area (Å²) < 4.78 is 0. The predicted molar refractivity (Wildman–Crippen MR) is 35.2 cm³/mol. The summed E-state index contributed by atoms with van der Waals surface area (Å²) in [5.41, 5.74) is 0.